The van der Waals surface area contributed by atoms with Crippen LogP contribution in [0.25, 0.3) is 0 Å². The van der Waals surface area contributed by atoms with Crippen LogP contribution in [-0.2, 0) is 0 Å². The average Bonchev–Trinajstić information content (AvgIpc) is 2.60. The summed E-state index contributed by atoms with van der Waals surface area (Å²) >= 11 is 0. The Morgan fingerprint density at radius 1 is 1.12 bits per heavy atom. The summed E-state index contributed by atoms with van der Waals surface area (Å²) in [6, 6.07) is 0. The van der Waals surface area contributed by atoms with Crippen LogP contribution in [0.4, 0.5) is 0 Å². The molecule has 1 aliphatic rings. The first-order chi connectivity index (χ1) is 7.88. The van der Waals surface area contributed by atoms with Crippen molar-refractivity contribution in [2.75, 3.05) is 6.54 Å². The monoisotopic (exact) mass is 223 g/mol. The van der Waals surface area contributed by atoms with E-state index in [4.69, 9.17) is 0 Å². The zero-order chi connectivity index (χ0) is 12.8. The molecule has 0 aromatic rings. The molecule has 16 heavy (non-hydrogen) atoms. The molecule has 1 nitrogen and oxygen atoms in total. The molecule has 0 radical (unpaired) electrons. The minimum absolute atomic E-state index is 1.11. The second-order valence-corrected chi connectivity index (χ2v) is 3.01. The summed E-state index contributed by atoms with van der Waals surface area (Å²) in [6.45, 7) is 14.9. The Bertz CT molecular complexity index is 211. The topological polar surface area (TPSA) is 12.0 Å². The van der Waals surface area contributed by atoms with E-state index in [1.807, 2.05) is 33.8 Å². The number of rotatable bonds is 1. The molecule has 0 aliphatic carbocycles. The van der Waals surface area contributed by atoms with Crippen molar-refractivity contribution in [1.29, 1.82) is 0 Å². The van der Waals surface area contributed by atoms with Crippen molar-refractivity contribution in [2.45, 2.75) is 53.9 Å². The van der Waals surface area contributed by atoms with Crippen molar-refractivity contribution in [3.8, 4) is 0 Å². The van der Waals surface area contributed by atoms with Gasteiger partial charge in [0.1, 0.15) is 0 Å². The fourth-order valence-corrected chi connectivity index (χ4v) is 1.51. The number of hydrogen-bond acceptors (Lipinski definition) is 1. The lowest BCUT2D eigenvalue weighted by atomic mass is 10.1. The molecule has 0 aromatic carbocycles. The van der Waals surface area contributed by atoms with Gasteiger partial charge in [0, 0.05) is 12.2 Å². The predicted molar refractivity (Wildman–Crippen MR) is 76.6 cm³/mol. The molecular formula is C15H29N. The van der Waals surface area contributed by atoms with Gasteiger partial charge in [-0.25, -0.2) is 0 Å². The minimum Gasteiger partial charge on any atom is -0.385 e. The zero-order valence-electron chi connectivity index (χ0n) is 11.8. The molecule has 0 amide bonds. The third kappa shape index (κ3) is 7.33. The van der Waals surface area contributed by atoms with Gasteiger partial charge < -0.3 is 5.32 Å². The van der Waals surface area contributed by atoms with E-state index in [2.05, 4.69) is 31.0 Å². The van der Waals surface area contributed by atoms with Crippen molar-refractivity contribution in [3.05, 3.63) is 36.1 Å². The maximum Gasteiger partial charge on any atom is 0.0329 e. The van der Waals surface area contributed by atoms with Gasteiger partial charge in [-0.2, -0.15) is 0 Å². The van der Waals surface area contributed by atoms with Crippen LogP contribution in [0.3, 0.4) is 0 Å². The summed E-state index contributed by atoms with van der Waals surface area (Å²) < 4.78 is 0. The maximum absolute atomic E-state index is 3.72. The molecule has 0 unspecified atom stereocenters. The second kappa shape index (κ2) is 14.0. The highest BCUT2D eigenvalue weighted by Crippen LogP contribution is 2.18. The van der Waals surface area contributed by atoms with E-state index < -0.39 is 0 Å². The molecule has 1 saturated heterocycles. The van der Waals surface area contributed by atoms with E-state index in [0.717, 1.165) is 6.54 Å². The second-order valence-electron chi connectivity index (χ2n) is 3.01. The fourth-order valence-electron chi connectivity index (χ4n) is 1.51. The van der Waals surface area contributed by atoms with E-state index in [1.54, 1.807) is 0 Å². The van der Waals surface area contributed by atoms with Gasteiger partial charge >= 0.3 is 0 Å². The highest BCUT2D eigenvalue weighted by Gasteiger charge is 2.06. The lowest BCUT2D eigenvalue weighted by molar-refractivity contribution is 0.731. The summed E-state index contributed by atoms with van der Waals surface area (Å²) in [6.07, 6.45) is 9.84. The molecular weight excluding hydrogens is 194 g/mol. The Labute approximate surface area is 102 Å². The molecule has 1 rings (SSSR count). The molecule has 1 heteroatoms. The summed E-state index contributed by atoms with van der Waals surface area (Å²) in [4.78, 5) is 0. The quantitative estimate of drug-likeness (QED) is 0.671. The molecule has 0 bridgehead atoms. The fraction of sp³-hybridized carbons (Fsp3) is 0.600. The molecule has 0 spiro atoms. The van der Waals surface area contributed by atoms with E-state index in [0.29, 0.717) is 0 Å². The van der Waals surface area contributed by atoms with Crippen molar-refractivity contribution < 1.29 is 0 Å². The van der Waals surface area contributed by atoms with Gasteiger partial charge in [0.15, 0.2) is 0 Å². The van der Waals surface area contributed by atoms with Crippen LogP contribution in [0.15, 0.2) is 36.1 Å². The maximum atomic E-state index is 3.72. The number of nitrogens with one attached hydrogen (secondary N) is 1. The Hall–Kier alpha value is -0.980. The van der Waals surface area contributed by atoms with E-state index >= 15 is 0 Å². The van der Waals surface area contributed by atoms with E-state index in [1.165, 1.54) is 30.5 Å². The van der Waals surface area contributed by atoms with E-state index in [-0.39, 0.29) is 0 Å². The molecule has 1 heterocycles. The summed E-state index contributed by atoms with van der Waals surface area (Å²) in [5.74, 6) is 0. The Morgan fingerprint density at radius 3 is 2.25 bits per heavy atom. The number of allylic oxidation sites excluding steroid dienone is 4. The summed E-state index contributed by atoms with van der Waals surface area (Å²) in [7, 11) is 0. The van der Waals surface area contributed by atoms with Gasteiger partial charge in [0.05, 0.1) is 0 Å². The van der Waals surface area contributed by atoms with Crippen LogP contribution < -0.4 is 5.32 Å². The van der Waals surface area contributed by atoms with Crippen molar-refractivity contribution in [2.24, 2.45) is 0 Å². The lowest BCUT2D eigenvalue weighted by Crippen LogP contribution is -2.12. The molecule has 1 fully saturated rings. The summed E-state index contributed by atoms with van der Waals surface area (Å²) in [5, 5.41) is 3.41. The van der Waals surface area contributed by atoms with Gasteiger partial charge in [0.2, 0.25) is 0 Å². The van der Waals surface area contributed by atoms with Crippen LogP contribution in [-0.4, -0.2) is 6.54 Å². The van der Waals surface area contributed by atoms with Crippen molar-refractivity contribution in [3.63, 3.8) is 0 Å². The summed E-state index contributed by atoms with van der Waals surface area (Å²) in [5.41, 5.74) is 2.68. The molecule has 1 N–H and O–H groups in total. The van der Waals surface area contributed by atoms with Gasteiger partial charge in [-0.15, -0.1) is 0 Å². The minimum atomic E-state index is 1.11. The first-order valence-electron chi connectivity index (χ1n) is 6.60. The van der Waals surface area contributed by atoms with Crippen molar-refractivity contribution in [1.82, 2.24) is 5.32 Å². The zero-order valence-corrected chi connectivity index (χ0v) is 11.8. The third-order valence-corrected chi connectivity index (χ3v) is 2.14. The highest BCUT2D eigenvalue weighted by molar-refractivity contribution is 5.32. The molecule has 0 atom stereocenters. The molecule has 94 valence electrons. The van der Waals surface area contributed by atoms with Crippen LogP contribution in [0, 0.1) is 0 Å². The van der Waals surface area contributed by atoms with Gasteiger partial charge in [-0.05, 0) is 31.8 Å². The van der Waals surface area contributed by atoms with Crippen molar-refractivity contribution >= 4 is 0 Å². The first-order valence-corrected chi connectivity index (χ1v) is 6.60. The van der Waals surface area contributed by atoms with E-state index in [9.17, 15) is 0 Å². The standard InChI is InChI=1S/C11H17N.2C2H6/c1-3-7-10-8-5-6-9-12-11(10)4-2;2*1-2/h3-4,7,12H,1,5-6,8-9H2,2H3;2*1-2H3/b10-7-,11-4+;;. The Morgan fingerprint density at radius 2 is 1.75 bits per heavy atom. The Balaban J connectivity index is 0. The van der Waals surface area contributed by atoms with Gasteiger partial charge in [0.25, 0.3) is 0 Å². The van der Waals surface area contributed by atoms with Gasteiger partial charge in [-0.3, -0.25) is 0 Å². The largest absolute Gasteiger partial charge is 0.385 e. The Kier molecular flexibility index (Phi) is 15.3. The van der Waals surface area contributed by atoms with Crippen LogP contribution in [0.5, 0.6) is 0 Å². The van der Waals surface area contributed by atoms with Crippen LogP contribution in [0.1, 0.15) is 53.9 Å². The lowest BCUT2D eigenvalue weighted by Gasteiger charge is -2.07. The normalized spacial score (nSPS) is 19.6. The molecule has 1 aliphatic heterocycles. The van der Waals surface area contributed by atoms with Crippen LogP contribution in [0.2, 0.25) is 0 Å². The average molecular weight is 223 g/mol. The predicted octanol–water partition coefficient (Wildman–Crippen LogP) is 4.83. The molecule has 0 saturated carbocycles. The third-order valence-electron chi connectivity index (χ3n) is 2.14. The van der Waals surface area contributed by atoms with Crippen LogP contribution >= 0.6 is 0 Å². The smallest absolute Gasteiger partial charge is 0.0329 e. The molecule has 0 aromatic heterocycles. The number of hydrogen-bond donors (Lipinski definition) is 1. The first kappa shape index (κ1) is 17.4. The van der Waals surface area contributed by atoms with Gasteiger partial charge in [-0.1, -0.05) is 52.5 Å². The SMILES string of the molecule is C=C/C=C1/CCCCN/C1=C/C.CC.CC. The highest BCUT2D eigenvalue weighted by atomic mass is 14.9.